The number of hydrogen-bond donors (Lipinski definition) is 1. The van der Waals surface area contributed by atoms with Gasteiger partial charge < -0.3 is 5.73 Å². The number of thioether (sulfide) groups is 1. The first kappa shape index (κ1) is 14.2. The van der Waals surface area contributed by atoms with E-state index in [1.807, 2.05) is 23.6 Å². The van der Waals surface area contributed by atoms with Gasteiger partial charge in [-0.2, -0.15) is 5.26 Å². The van der Waals surface area contributed by atoms with Crippen LogP contribution in [0.25, 0.3) is 20.9 Å². The highest BCUT2D eigenvalue weighted by Crippen LogP contribution is 2.48. The number of hydrogen-bond acceptors (Lipinski definition) is 5. The maximum Gasteiger partial charge on any atom is 0.129 e. The van der Waals surface area contributed by atoms with E-state index >= 15 is 0 Å². The number of benzene rings is 1. The molecule has 2 heterocycles. The van der Waals surface area contributed by atoms with Crippen molar-refractivity contribution in [3.63, 3.8) is 0 Å². The monoisotopic (exact) mass is 328 g/mol. The van der Waals surface area contributed by atoms with E-state index in [1.165, 1.54) is 16.2 Å². The van der Waals surface area contributed by atoms with E-state index in [4.69, 9.17) is 5.73 Å². The average molecular weight is 328 g/mol. The van der Waals surface area contributed by atoms with Crippen LogP contribution in [-0.2, 0) is 0 Å². The van der Waals surface area contributed by atoms with Gasteiger partial charge in [0, 0.05) is 25.8 Å². The topological polar surface area (TPSA) is 49.8 Å². The molecular weight excluding hydrogens is 316 g/mol. The van der Waals surface area contributed by atoms with Crippen LogP contribution in [-0.4, -0.2) is 6.26 Å². The molecule has 0 spiro atoms. The van der Waals surface area contributed by atoms with Crippen molar-refractivity contribution < 1.29 is 0 Å². The van der Waals surface area contributed by atoms with Crippen LogP contribution in [0.2, 0.25) is 0 Å². The molecule has 21 heavy (non-hydrogen) atoms. The summed E-state index contributed by atoms with van der Waals surface area (Å²) in [5, 5.41) is 11.3. The molecule has 3 aromatic rings. The smallest absolute Gasteiger partial charge is 0.129 e. The summed E-state index contributed by atoms with van der Waals surface area (Å²) in [6, 6.07) is 14.5. The molecule has 1 aromatic carbocycles. The van der Waals surface area contributed by atoms with E-state index in [9.17, 15) is 5.26 Å². The molecule has 5 heteroatoms. The van der Waals surface area contributed by atoms with Gasteiger partial charge in [0.1, 0.15) is 10.9 Å². The maximum atomic E-state index is 9.31. The zero-order valence-electron chi connectivity index (χ0n) is 11.3. The van der Waals surface area contributed by atoms with E-state index in [2.05, 4.69) is 30.5 Å². The normalized spacial score (nSPS) is 10.5. The minimum Gasteiger partial charge on any atom is -0.396 e. The van der Waals surface area contributed by atoms with Gasteiger partial charge in [0.25, 0.3) is 0 Å². The van der Waals surface area contributed by atoms with Crippen molar-refractivity contribution in [3.05, 3.63) is 46.7 Å². The van der Waals surface area contributed by atoms with Crippen molar-refractivity contribution in [3.8, 4) is 27.0 Å². The highest BCUT2D eigenvalue weighted by Gasteiger charge is 2.20. The van der Waals surface area contributed by atoms with Crippen LogP contribution in [0.5, 0.6) is 0 Å². The molecule has 0 aliphatic carbocycles. The van der Waals surface area contributed by atoms with E-state index in [-0.39, 0.29) is 0 Å². The number of thiophene rings is 2. The van der Waals surface area contributed by atoms with E-state index in [1.54, 1.807) is 23.1 Å². The summed E-state index contributed by atoms with van der Waals surface area (Å²) in [4.78, 5) is 3.97. The van der Waals surface area contributed by atoms with Gasteiger partial charge in [-0.05, 0) is 23.8 Å². The molecule has 0 aliphatic heterocycles. The minimum atomic E-state index is 0.587. The highest BCUT2D eigenvalue weighted by atomic mass is 32.2. The van der Waals surface area contributed by atoms with E-state index in [0.29, 0.717) is 10.6 Å². The Morgan fingerprint density at radius 2 is 2.00 bits per heavy atom. The van der Waals surface area contributed by atoms with Gasteiger partial charge in [-0.25, -0.2) is 0 Å². The van der Waals surface area contributed by atoms with Crippen molar-refractivity contribution >= 4 is 40.1 Å². The lowest BCUT2D eigenvalue weighted by atomic mass is 10.1. The fourth-order valence-electron chi connectivity index (χ4n) is 2.21. The first-order chi connectivity index (χ1) is 10.3. The Balaban J connectivity index is 2.31. The number of rotatable bonds is 3. The molecule has 0 fully saturated rings. The zero-order chi connectivity index (χ0) is 14.8. The quantitative estimate of drug-likeness (QED) is 0.662. The minimum absolute atomic E-state index is 0.587. The molecule has 0 radical (unpaired) electrons. The van der Waals surface area contributed by atoms with Gasteiger partial charge >= 0.3 is 0 Å². The van der Waals surface area contributed by atoms with Gasteiger partial charge in [0.15, 0.2) is 0 Å². The maximum absolute atomic E-state index is 9.31. The lowest BCUT2D eigenvalue weighted by molar-refractivity contribution is 1.47. The Bertz CT molecular complexity index is 811. The largest absolute Gasteiger partial charge is 0.396 e. The summed E-state index contributed by atoms with van der Waals surface area (Å²) >= 11 is 4.83. The molecule has 0 saturated carbocycles. The molecule has 0 unspecified atom stereocenters. The Hall–Kier alpha value is -1.74. The second kappa shape index (κ2) is 5.94. The molecular formula is C16H12N2S3. The second-order valence-electron chi connectivity index (χ2n) is 4.34. The molecule has 0 aliphatic rings. The summed E-state index contributed by atoms with van der Waals surface area (Å²) < 4.78 is 0. The van der Waals surface area contributed by atoms with Crippen LogP contribution in [0.15, 0.2) is 46.7 Å². The second-order valence-corrected chi connectivity index (χ2v) is 7.15. The zero-order valence-corrected chi connectivity index (χ0v) is 13.7. The third-order valence-corrected chi connectivity index (χ3v) is 5.99. The fourth-order valence-corrected chi connectivity index (χ4v) is 4.81. The number of nitrogens with two attached hydrogens (primary N) is 1. The molecule has 0 amide bonds. The SMILES string of the molecule is CSc1ccccc1-c1sc(C#N)c(N)c1-c1cccs1. The molecule has 0 atom stereocenters. The van der Waals surface area contributed by atoms with Crippen LogP contribution in [0.3, 0.4) is 0 Å². The Kier molecular flexibility index (Phi) is 4.02. The predicted octanol–water partition coefficient (Wildman–Crippen LogP) is 5.32. The summed E-state index contributed by atoms with van der Waals surface area (Å²) in [7, 11) is 0. The van der Waals surface area contributed by atoms with Crippen molar-refractivity contribution in [2.75, 3.05) is 12.0 Å². The fraction of sp³-hybridized carbons (Fsp3) is 0.0625. The number of nitriles is 1. The van der Waals surface area contributed by atoms with Crippen LogP contribution in [0.1, 0.15) is 4.88 Å². The molecule has 2 aromatic heterocycles. The number of nitrogen functional groups attached to an aromatic ring is 1. The third kappa shape index (κ3) is 2.46. The molecule has 3 rings (SSSR count). The summed E-state index contributed by atoms with van der Waals surface area (Å²) in [5.74, 6) is 0. The van der Waals surface area contributed by atoms with E-state index in [0.717, 1.165) is 20.9 Å². The lowest BCUT2D eigenvalue weighted by Gasteiger charge is -2.08. The first-order valence-corrected chi connectivity index (χ1v) is 9.18. The van der Waals surface area contributed by atoms with Gasteiger partial charge in [-0.1, -0.05) is 24.3 Å². The summed E-state index contributed by atoms with van der Waals surface area (Å²) in [6.07, 6.45) is 2.06. The van der Waals surface area contributed by atoms with E-state index < -0.39 is 0 Å². The Morgan fingerprint density at radius 1 is 1.19 bits per heavy atom. The molecule has 2 nitrogen and oxygen atoms in total. The van der Waals surface area contributed by atoms with Crippen molar-refractivity contribution in [1.82, 2.24) is 0 Å². The predicted molar refractivity (Wildman–Crippen MR) is 94.0 cm³/mol. The van der Waals surface area contributed by atoms with Gasteiger partial charge in [-0.15, -0.1) is 34.4 Å². The van der Waals surface area contributed by atoms with Crippen LogP contribution >= 0.6 is 34.4 Å². The molecule has 0 saturated heterocycles. The number of anilines is 1. The summed E-state index contributed by atoms with van der Waals surface area (Å²) in [6.45, 7) is 0. The van der Waals surface area contributed by atoms with Crippen molar-refractivity contribution in [2.45, 2.75) is 4.90 Å². The van der Waals surface area contributed by atoms with Crippen molar-refractivity contribution in [1.29, 1.82) is 5.26 Å². The van der Waals surface area contributed by atoms with Gasteiger partial charge in [0.2, 0.25) is 0 Å². The first-order valence-electron chi connectivity index (χ1n) is 6.26. The molecule has 2 N–H and O–H groups in total. The average Bonchev–Trinajstić information content (AvgIpc) is 3.14. The van der Waals surface area contributed by atoms with Crippen LogP contribution < -0.4 is 5.73 Å². The third-order valence-electron chi connectivity index (χ3n) is 3.17. The standard InChI is InChI=1S/C16H12N2S3/c1-19-11-6-3-2-5-10(11)16-14(12-7-4-8-20-12)15(18)13(9-17)21-16/h2-8H,18H2,1H3. The molecule has 104 valence electrons. The van der Waals surface area contributed by atoms with Crippen LogP contribution in [0.4, 0.5) is 5.69 Å². The molecule has 0 bridgehead atoms. The van der Waals surface area contributed by atoms with Gasteiger partial charge in [0.05, 0.1) is 5.69 Å². The number of nitrogens with zero attached hydrogens (tertiary/aromatic N) is 1. The lowest BCUT2D eigenvalue weighted by Crippen LogP contribution is -1.88. The Morgan fingerprint density at radius 3 is 2.67 bits per heavy atom. The van der Waals surface area contributed by atoms with Crippen LogP contribution in [0, 0.1) is 11.3 Å². The highest BCUT2D eigenvalue weighted by molar-refractivity contribution is 7.98. The summed E-state index contributed by atoms with van der Waals surface area (Å²) in [5.41, 5.74) is 8.95. The van der Waals surface area contributed by atoms with Crippen molar-refractivity contribution in [2.24, 2.45) is 0 Å². The Labute approximate surface area is 135 Å². The van der Waals surface area contributed by atoms with Gasteiger partial charge in [-0.3, -0.25) is 0 Å².